The number of benzene rings is 1. The van der Waals surface area contributed by atoms with E-state index in [-0.39, 0.29) is 0 Å². The van der Waals surface area contributed by atoms with Crippen molar-refractivity contribution in [1.29, 1.82) is 0 Å². The van der Waals surface area contributed by atoms with Gasteiger partial charge in [0.25, 0.3) is 11.1 Å². The SMILES string of the molecule is Brc1ccccc1CSc1nnc(-c2cccs2)o1. The summed E-state index contributed by atoms with van der Waals surface area (Å²) in [6.07, 6.45) is 0. The van der Waals surface area contributed by atoms with Gasteiger partial charge in [-0.1, -0.05) is 52.0 Å². The lowest BCUT2D eigenvalue weighted by Gasteiger charge is -2.00. The van der Waals surface area contributed by atoms with Crippen LogP contribution in [0, 0.1) is 0 Å². The van der Waals surface area contributed by atoms with Crippen molar-refractivity contribution in [2.75, 3.05) is 0 Å². The predicted molar refractivity (Wildman–Crippen MR) is 81.3 cm³/mol. The highest BCUT2D eigenvalue weighted by Crippen LogP contribution is 2.29. The van der Waals surface area contributed by atoms with Gasteiger partial charge in [0.1, 0.15) is 0 Å². The molecule has 96 valence electrons. The number of thioether (sulfide) groups is 1. The van der Waals surface area contributed by atoms with E-state index in [4.69, 9.17) is 4.42 Å². The van der Waals surface area contributed by atoms with Crippen LogP contribution in [0.4, 0.5) is 0 Å². The predicted octanol–water partition coefficient (Wildman–Crippen LogP) is 4.85. The van der Waals surface area contributed by atoms with Crippen molar-refractivity contribution in [2.45, 2.75) is 11.0 Å². The Hall–Kier alpha value is -1.11. The third kappa shape index (κ3) is 3.08. The molecule has 2 heterocycles. The molecule has 0 aliphatic rings. The summed E-state index contributed by atoms with van der Waals surface area (Å²) in [5.74, 6) is 1.39. The van der Waals surface area contributed by atoms with E-state index in [1.807, 2.05) is 35.7 Å². The number of thiophene rings is 1. The highest BCUT2D eigenvalue weighted by Gasteiger charge is 2.10. The Bertz CT molecular complexity index is 667. The van der Waals surface area contributed by atoms with Gasteiger partial charge in [0.05, 0.1) is 4.88 Å². The first-order valence-electron chi connectivity index (χ1n) is 5.56. The number of aromatic nitrogens is 2. The first-order valence-corrected chi connectivity index (χ1v) is 8.22. The number of halogens is 1. The van der Waals surface area contributed by atoms with Crippen molar-refractivity contribution in [2.24, 2.45) is 0 Å². The summed E-state index contributed by atoms with van der Waals surface area (Å²) in [5.41, 5.74) is 1.21. The maximum absolute atomic E-state index is 5.63. The molecule has 3 aromatic rings. The number of hydrogen-bond acceptors (Lipinski definition) is 5. The van der Waals surface area contributed by atoms with Gasteiger partial charge in [-0.3, -0.25) is 0 Å². The van der Waals surface area contributed by atoms with Crippen molar-refractivity contribution in [3.05, 3.63) is 51.8 Å². The van der Waals surface area contributed by atoms with Gasteiger partial charge in [-0.25, -0.2) is 0 Å². The standard InChI is InChI=1S/C13H9BrN2OS2/c14-10-5-2-1-4-9(10)8-19-13-16-15-12(17-13)11-6-3-7-18-11/h1-7H,8H2. The molecule has 0 atom stereocenters. The molecule has 0 saturated carbocycles. The minimum atomic E-state index is 0.588. The normalized spacial score (nSPS) is 10.8. The van der Waals surface area contributed by atoms with Gasteiger partial charge in [-0.15, -0.1) is 21.5 Å². The monoisotopic (exact) mass is 352 g/mol. The summed E-state index contributed by atoms with van der Waals surface area (Å²) in [4.78, 5) is 1.00. The third-order valence-corrected chi connectivity index (χ3v) is 4.95. The molecule has 0 fully saturated rings. The third-order valence-electron chi connectivity index (χ3n) is 2.45. The fraction of sp³-hybridized carbons (Fsp3) is 0.0769. The summed E-state index contributed by atoms with van der Waals surface area (Å²) in [6, 6.07) is 12.1. The Morgan fingerprint density at radius 2 is 2.05 bits per heavy atom. The summed E-state index contributed by atoms with van der Waals surface area (Å²) in [5, 5.41) is 10.7. The molecular formula is C13H9BrN2OS2. The van der Waals surface area contributed by atoms with Crippen LogP contribution >= 0.6 is 39.0 Å². The second-order valence-corrected chi connectivity index (χ2v) is 6.46. The zero-order valence-electron chi connectivity index (χ0n) is 9.75. The fourth-order valence-electron chi connectivity index (χ4n) is 1.52. The summed E-state index contributed by atoms with van der Waals surface area (Å²) in [7, 11) is 0. The highest BCUT2D eigenvalue weighted by atomic mass is 79.9. The van der Waals surface area contributed by atoms with E-state index in [9.17, 15) is 0 Å². The Morgan fingerprint density at radius 3 is 2.84 bits per heavy atom. The van der Waals surface area contributed by atoms with Crippen molar-refractivity contribution in [3.63, 3.8) is 0 Å². The van der Waals surface area contributed by atoms with Crippen LogP contribution in [0.15, 0.2) is 55.9 Å². The lowest BCUT2D eigenvalue weighted by molar-refractivity contribution is 0.466. The van der Waals surface area contributed by atoms with Crippen LogP contribution in [0.2, 0.25) is 0 Å². The van der Waals surface area contributed by atoms with Gasteiger partial charge in [0.15, 0.2) is 0 Å². The number of hydrogen-bond donors (Lipinski definition) is 0. The van der Waals surface area contributed by atoms with Gasteiger partial charge < -0.3 is 4.42 Å². The zero-order valence-corrected chi connectivity index (χ0v) is 13.0. The Kier molecular flexibility index (Phi) is 4.00. The molecule has 0 radical (unpaired) electrons. The summed E-state index contributed by atoms with van der Waals surface area (Å²) >= 11 is 6.66. The molecule has 2 aromatic heterocycles. The second-order valence-electron chi connectivity index (χ2n) is 3.73. The molecule has 6 heteroatoms. The highest BCUT2D eigenvalue weighted by molar-refractivity contribution is 9.10. The van der Waals surface area contributed by atoms with Crippen molar-refractivity contribution in [1.82, 2.24) is 10.2 Å². The number of rotatable bonds is 4. The van der Waals surface area contributed by atoms with Crippen LogP contribution in [-0.4, -0.2) is 10.2 Å². The molecule has 1 aromatic carbocycles. The smallest absolute Gasteiger partial charge is 0.277 e. The molecule has 0 bridgehead atoms. The quantitative estimate of drug-likeness (QED) is 0.629. The maximum atomic E-state index is 5.63. The van der Waals surface area contributed by atoms with E-state index in [0.29, 0.717) is 11.1 Å². The topological polar surface area (TPSA) is 38.9 Å². The van der Waals surface area contributed by atoms with Crippen LogP contribution < -0.4 is 0 Å². The molecule has 0 aliphatic carbocycles. The van der Waals surface area contributed by atoms with E-state index in [1.54, 1.807) is 23.1 Å². The average molecular weight is 353 g/mol. The van der Waals surface area contributed by atoms with Gasteiger partial charge in [0, 0.05) is 10.2 Å². The molecule has 19 heavy (non-hydrogen) atoms. The molecule has 0 aliphatic heterocycles. The van der Waals surface area contributed by atoms with Crippen LogP contribution in [0.25, 0.3) is 10.8 Å². The summed E-state index contributed by atoms with van der Waals surface area (Å²) < 4.78 is 6.72. The largest absolute Gasteiger partial charge is 0.410 e. The molecule has 0 spiro atoms. The molecular weight excluding hydrogens is 344 g/mol. The van der Waals surface area contributed by atoms with Gasteiger partial charge in [0.2, 0.25) is 0 Å². The molecule has 0 unspecified atom stereocenters. The average Bonchev–Trinajstić information content (AvgIpc) is 3.09. The van der Waals surface area contributed by atoms with Crippen molar-refractivity contribution < 1.29 is 4.42 Å². The minimum absolute atomic E-state index is 0.588. The van der Waals surface area contributed by atoms with E-state index in [0.717, 1.165) is 15.1 Å². The molecule has 0 amide bonds. The first-order chi connectivity index (χ1) is 9.33. The second kappa shape index (κ2) is 5.90. The van der Waals surface area contributed by atoms with E-state index >= 15 is 0 Å². The Balaban J connectivity index is 1.70. The van der Waals surface area contributed by atoms with Crippen LogP contribution in [0.1, 0.15) is 5.56 Å². The lowest BCUT2D eigenvalue weighted by atomic mass is 10.2. The number of nitrogens with zero attached hydrogens (tertiary/aromatic N) is 2. The van der Waals surface area contributed by atoms with E-state index in [1.165, 1.54) is 5.56 Å². The lowest BCUT2D eigenvalue weighted by Crippen LogP contribution is -1.82. The molecule has 0 saturated heterocycles. The first kappa shape index (κ1) is 12.9. The van der Waals surface area contributed by atoms with Crippen molar-refractivity contribution >= 4 is 39.0 Å². The maximum Gasteiger partial charge on any atom is 0.277 e. The zero-order chi connectivity index (χ0) is 13.1. The van der Waals surface area contributed by atoms with Gasteiger partial charge >= 0.3 is 0 Å². The van der Waals surface area contributed by atoms with Gasteiger partial charge in [-0.05, 0) is 23.1 Å². The van der Waals surface area contributed by atoms with Crippen LogP contribution in [0.5, 0.6) is 0 Å². The molecule has 0 N–H and O–H groups in total. The fourth-order valence-corrected chi connectivity index (χ4v) is 3.54. The van der Waals surface area contributed by atoms with E-state index < -0.39 is 0 Å². The van der Waals surface area contributed by atoms with E-state index in [2.05, 4.69) is 32.2 Å². The Labute approximate surface area is 127 Å². The molecule has 3 rings (SSSR count). The minimum Gasteiger partial charge on any atom is -0.410 e. The van der Waals surface area contributed by atoms with Gasteiger partial charge in [-0.2, -0.15) is 0 Å². The molecule has 3 nitrogen and oxygen atoms in total. The van der Waals surface area contributed by atoms with Crippen molar-refractivity contribution in [3.8, 4) is 10.8 Å². The van der Waals surface area contributed by atoms with Crippen LogP contribution in [0.3, 0.4) is 0 Å². The Morgan fingerprint density at radius 1 is 1.16 bits per heavy atom. The summed E-state index contributed by atoms with van der Waals surface area (Å²) in [6.45, 7) is 0. The van der Waals surface area contributed by atoms with Crippen LogP contribution in [-0.2, 0) is 5.75 Å².